The molecule has 0 spiro atoms. The minimum Gasteiger partial charge on any atom is -0.481 e. The van der Waals surface area contributed by atoms with E-state index in [-0.39, 0.29) is 26.3 Å². The van der Waals surface area contributed by atoms with Crippen LogP contribution in [0.2, 0.25) is 0 Å². The zero-order chi connectivity index (χ0) is 29.1. The largest absolute Gasteiger partial charge is 0.481 e. The second-order valence-corrected chi connectivity index (χ2v) is 10.5. The van der Waals surface area contributed by atoms with Crippen LogP contribution in [0.1, 0.15) is 29.5 Å². The topological polar surface area (TPSA) is 70.1 Å². The summed E-state index contributed by atoms with van der Waals surface area (Å²) in [6.45, 7) is 1.85. The highest BCUT2D eigenvalue weighted by atomic mass is 32.2. The molecule has 13 heteroatoms. The molecule has 0 bridgehead atoms. The fourth-order valence-electron chi connectivity index (χ4n) is 4.72. The van der Waals surface area contributed by atoms with Crippen molar-refractivity contribution >= 4 is 35.4 Å². The third-order valence-electron chi connectivity index (χ3n) is 6.75. The number of hydrogen-bond donors (Lipinski definition) is 1. The summed E-state index contributed by atoms with van der Waals surface area (Å²) in [6, 6.07) is 8.30. The van der Waals surface area contributed by atoms with Crippen molar-refractivity contribution in [1.29, 1.82) is 0 Å². The van der Waals surface area contributed by atoms with Gasteiger partial charge in [-0.15, -0.1) is 0 Å². The van der Waals surface area contributed by atoms with E-state index in [9.17, 15) is 41.0 Å². The van der Waals surface area contributed by atoms with Crippen LogP contribution >= 0.6 is 11.8 Å². The molecule has 40 heavy (non-hydrogen) atoms. The predicted molar refractivity (Wildman–Crippen MR) is 136 cm³/mol. The van der Waals surface area contributed by atoms with E-state index in [1.807, 2.05) is 4.90 Å². The monoisotopic (exact) mass is 588 g/mol. The van der Waals surface area contributed by atoms with Gasteiger partial charge in [-0.3, -0.25) is 9.59 Å². The Morgan fingerprint density at radius 2 is 1.57 bits per heavy atom. The first kappa shape index (κ1) is 29.8. The number of carbonyl (C=O) groups is 2. The van der Waals surface area contributed by atoms with E-state index >= 15 is 0 Å². The second-order valence-electron chi connectivity index (χ2n) is 9.37. The summed E-state index contributed by atoms with van der Waals surface area (Å²) in [4.78, 5) is 26.5. The minimum absolute atomic E-state index is 0.231. The Labute approximate surface area is 230 Å². The lowest BCUT2D eigenvalue weighted by atomic mass is 9.97. The lowest BCUT2D eigenvalue weighted by Gasteiger charge is -2.32. The first-order chi connectivity index (χ1) is 18.8. The number of nitrogens with zero attached hydrogens (tertiary/aromatic N) is 2. The van der Waals surface area contributed by atoms with Gasteiger partial charge < -0.3 is 19.6 Å². The zero-order valence-electron chi connectivity index (χ0n) is 21.1. The highest BCUT2D eigenvalue weighted by Crippen LogP contribution is 2.48. The number of anilines is 1. The van der Waals surface area contributed by atoms with Gasteiger partial charge in [0.15, 0.2) is 0 Å². The molecule has 2 aromatic carbocycles. The zero-order valence-corrected chi connectivity index (χ0v) is 21.9. The van der Waals surface area contributed by atoms with E-state index in [0.29, 0.717) is 48.3 Å². The number of halogens is 6. The van der Waals surface area contributed by atoms with Crippen molar-refractivity contribution < 1.29 is 45.8 Å². The normalized spacial score (nSPS) is 17.4. The van der Waals surface area contributed by atoms with Crippen molar-refractivity contribution in [3.63, 3.8) is 0 Å². The number of aliphatic carboxylic acids is 1. The van der Waals surface area contributed by atoms with Gasteiger partial charge in [0.05, 0.1) is 30.3 Å². The second kappa shape index (κ2) is 12.1. The first-order valence-electron chi connectivity index (χ1n) is 12.5. The number of carboxylic acids is 1. The summed E-state index contributed by atoms with van der Waals surface area (Å²) < 4.78 is 90.1. The molecule has 0 saturated carbocycles. The Morgan fingerprint density at radius 1 is 0.925 bits per heavy atom. The maximum atomic E-state index is 14.2. The summed E-state index contributed by atoms with van der Waals surface area (Å²) in [5.41, 5.74) is -3.80. The fraction of sp³-hybridized carbons (Fsp3) is 0.407. The van der Waals surface area contributed by atoms with Gasteiger partial charge in [0.25, 0.3) is 0 Å². The number of alkyl halides is 6. The number of carboxylic acid groups (broad SMARTS) is 1. The van der Waals surface area contributed by atoms with Gasteiger partial charge in [-0.1, -0.05) is 23.9 Å². The van der Waals surface area contributed by atoms with E-state index in [4.69, 9.17) is 4.74 Å². The molecule has 0 aromatic heterocycles. The number of amides is 1. The SMILES string of the molecule is O=C(O)C1CCN(c2cccc(Sc3ccc(/C=C/C(=O)N4CCOCC4)c(C(F)(F)F)c3C(F)(F)F)c2)CC1. The Kier molecular flexibility index (Phi) is 9.03. The molecule has 4 rings (SSSR count). The van der Waals surface area contributed by atoms with Gasteiger partial charge in [0, 0.05) is 47.7 Å². The van der Waals surface area contributed by atoms with Crippen LogP contribution in [0.25, 0.3) is 6.08 Å². The lowest BCUT2D eigenvalue weighted by molar-refractivity contribution is -0.163. The van der Waals surface area contributed by atoms with Gasteiger partial charge in [-0.05, 0) is 48.7 Å². The third-order valence-corrected chi connectivity index (χ3v) is 7.80. The first-order valence-corrected chi connectivity index (χ1v) is 13.3. The molecule has 1 N–H and O–H groups in total. The number of piperidine rings is 1. The lowest BCUT2D eigenvalue weighted by Crippen LogP contribution is -2.39. The quantitative estimate of drug-likeness (QED) is 0.328. The molecule has 0 aliphatic carbocycles. The number of morpholine rings is 1. The number of benzene rings is 2. The van der Waals surface area contributed by atoms with Gasteiger partial charge in [-0.2, -0.15) is 26.3 Å². The van der Waals surface area contributed by atoms with Crippen LogP contribution in [0.4, 0.5) is 32.0 Å². The summed E-state index contributed by atoms with van der Waals surface area (Å²) >= 11 is 0.557. The van der Waals surface area contributed by atoms with Crippen LogP contribution in [-0.2, 0) is 26.7 Å². The summed E-state index contributed by atoms with van der Waals surface area (Å²) in [5, 5.41) is 9.19. The van der Waals surface area contributed by atoms with Crippen molar-refractivity contribution in [3.8, 4) is 0 Å². The van der Waals surface area contributed by atoms with Crippen LogP contribution in [-0.4, -0.2) is 61.3 Å². The summed E-state index contributed by atoms with van der Waals surface area (Å²) in [5.74, 6) is -1.97. The van der Waals surface area contributed by atoms with E-state index in [1.54, 1.807) is 18.2 Å². The fourth-order valence-corrected chi connectivity index (χ4v) is 5.75. The summed E-state index contributed by atoms with van der Waals surface area (Å²) in [6.07, 6.45) is -8.25. The van der Waals surface area contributed by atoms with E-state index in [1.165, 1.54) is 11.0 Å². The standard InChI is InChI=1S/C27H26F6N2O4S/c28-26(29,30)23-17(5-7-22(36)35-12-14-39-15-13-35)4-6-21(24(23)27(31,32)33)40-20-3-1-2-19(16-20)34-10-8-18(9-11-34)25(37)38/h1-7,16,18H,8-15H2,(H,37,38)/b7-5+. The van der Waals surface area contributed by atoms with Gasteiger partial charge in [0.1, 0.15) is 0 Å². The van der Waals surface area contributed by atoms with Crippen LogP contribution in [0.3, 0.4) is 0 Å². The maximum absolute atomic E-state index is 14.2. The molecule has 2 saturated heterocycles. The molecular weight excluding hydrogens is 562 g/mol. The smallest absolute Gasteiger partial charge is 0.418 e. The van der Waals surface area contributed by atoms with Crippen LogP contribution in [0, 0.1) is 5.92 Å². The van der Waals surface area contributed by atoms with Crippen molar-refractivity contribution in [3.05, 3.63) is 59.2 Å². The number of carbonyl (C=O) groups excluding carboxylic acids is 1. The van der Waals surface area contributed by atoms with Crippen LogP contribution < -0.4 is 4.90 Å². The Bertz CT molecular complexity index is 1270. The van der Waals surface area contributed by atoms with Crippen molar-refractivity contribution in [2.24, 2.45) is 5.92 Å². The minimum atomic E-state index is -5.35. The maximum Gasteiger partial charge on any atom is 0.418 e. The molecule has 2 fully saturated rings. The Hall–Kier alpha value is -3.19. The van der Waals surface area contributed by atoms with Crippen LogP contribution in [0.5, 0.6) is 0 Å². The van der Waals surface area contributed by atoms with Crippen molar-refractivity contribution in [1.82, 2.24) is 4.90 Å². The average Bonchev–Trinajstić information content (AvgIpc) is 2.91. The highest BCUT2D eigenvalue weighted by Gasteiger charge is 2.46. The van der Waals surface area contributed by atoms with Crippen LogP contribution in [0.15, 0.2) is 52.3 Å². The van der Waals surface area contributed by atoms with E-state index < -0.39 is 51.7 Å². The van der Waals surface area contributed by atoms with E-state index in [0.717, 1.165) is 24.3 Å². The van der Waals surface area contributed by atoms with Gasteiger partial charge in [0.2, 0.25) is 5.91 Å². The molecule has 6 nitrogen and oxygen atoms in total. The van der Waals surface area contributed by atoms with Gasteiger partial charge in [-0.25, -0.2) is 0 Å². The molecule has 2 aliphatic rings. The third kappa shape index (κ3) is 7.11. The molecule has 0 unspecified atom stereocenters. The Balaban J connectivity index is 1.65. The molecule has 2 aliphatic heterocycles. The Morgan fingerprint density at radius 3 is 2.17 bits per heavy atom. The predicted octanol–water partition coefficient (Wildman–Crippen LogP) is 6.05. The van der Waals surface area contributed by atoms with Crippen molar-refractivity contribution in [2.75, 3.05) is 44.3 Å². The van der Waals surface area contributed by atoms with Crippen molar-refractivity contribution in [2.45, 2.75) is 35.0 Å². The molecule has 1 amide bonds. The molecule has 2 heterocycles. The molecular formula is C27H26F6N2O4S. The molecule has 0 atom stereocenters. The number of hydrogen-bond acceptors (Lipinski definition) is 5. The average molecular weight is 589 g/mol. The number of rotatable bonds is 6. The molecule has 216 valence electrons. The summed E-state index contributed by atoms with van der Waals surface area (Å²) in [7, 11) is 0. The van der Waals surface area contributed by atoms with Gasteiger partial charge >= 0.3 is 18.3 Å². The number of ether oxygens (including phenoxy) is 1. The molecule has 2 aromatic rings. The molecule has 0 radical (unpaired) electrons. The highest BCUT2D eigenvalue weighted by molar-refractivity contribution is 7.99. The van der Waals surface area contributed by atoms with E-state index in [2.05, 4.69) is 0 Å².